The van der Waals surface area contributed by atoms with Gasteiger partial charge in [0.25, 0.3) is 0 Å². The van der Waals surface area contributed by atoms with Gasteiger partial charge in [0, 0.05) is 11.1 Å². The van der Waals surface area contributed by atoms with Crippen LogP contribution in [-0.4, -0.2) is 11.7 Å². The summed E-state index contributed by atoms with van der Waals surface area (Å²) < 4.78 is 11.2. The van der Waals surface area contributed by atoms with Crippen LogP contribution in [0.15, 0.2) is 28.7 Å². The van der Waals surface area contributed by atoms with Gasteiger partial charge in [0.1, 0.15) is 23.4 Å². The van der Waals surface area contributed by atoms with Crippen LogP contribution in [0.25, 0.3) is 0 Å². The number of benzene rings is 1. The lowest BCUT2D eigenvalue weighted by molar-refractivity contribution is 0.209. The van der Waals surface area contributed by atoms with E-state index in [2.05, 4.69) is 0 Å². The van der Waals surface area contributed by atoms with E-state index in [1.807, 2.05) is 52.0 Å². The predicted octanol–water partition coefficient (Wildman–Crippen LogP) is 3.69. The summed E-state index contributed by atoms with van der Waals surface area (Å²) in [5.74, 6) is 2.32. The summed E-state index contributed by atoms with van der Waals surface area (Å²) in [6, 6.07) is 7.57. The molecular weight excluding hydrogens is 240 g/mol. The Balaban J connectivity index is 2.47. The maximum Gasteiger partial charge on any atom is 0.125 e. The Hall–Kier alpha value is -1.74. The van der Waals surface area contributed by atoms with Crippen LogP contribution in [-0.2, 0) is 0 Å². The van der Waals surface area contributed by atoms with E-state index in [9.17, 15) is 5.11 Å². The fourth-order valence-corrected chi connectivity index (χ4v) is 2.36. The van der Waals surface area contributed by atoms with Crippen LogP contribution < -0.4 is 4.74 Å². The molecule has 1 heterocycles. The molecule has 1 N–H and O–H groups in total. The van der Waals surface area contributed by atoms with Gasteiger partial charge in [-0.25, -0.2) is 0 Å². The number of rotatable bonds is 4. The van der Waals surface area contributed by atoms with Crippen LogP contribution in [0.1, 0.15) is 41.2 Å². The maximum absolute atomic E-state index is 10.6. The van der Waals surface area contributed by atoms with Crippen molar-refractivity contribution in [3.05, 3.63) is 52.5 Å². The van der Waals surface area contributed by atoms with Crippen molar-refractivity contribution in [2.24, 2.45) is 0 Å². The molecule has 0 aliphatic rings. The molecule has 1 unspecified atom stereocenters. The van der Waals surface area contributed by atoms with Gasteiger partial charge in [-0.1, -0.05) is 18.2 Å². The Kier molecular flexibility index (Phi) is 3.96. The number of hydrogen-bond acceptors (Lipinski definition) is 3. The molecule has 0 radical (unpaired) electrons. The van der Waals surface area contributed by atoms with Crippen LogP contribution >= 0.6 is 0 Å². The van der Waals surface area contributed by atoms with Crippen molar-refractivity contribution >= 4 is 0 Å². The molecule has 2 aromatic rings. The lowest BCUT2D eigenvalue weighted by atomic mass is 9.97. The quantitative estimate of drug-likeness (QED) is 0.911. The smallest absolute Gasteiger partial charge is 0.125 e. The Morgan fingerprint density at radius 1 is 1.16 bits per heavy atom. The van der Waals surface area contributed by atoms with Crippen molar-refractivity contribution in [1.29, 1.82) is 0 Å². The zero-order valence-corrected chi connectivity index (χ0v) is 11.9. The first kappa shape index (κ1) is 13.7. The van der Waals surface area contributed by atoms with Crippen LogP contribution in [0.4, 0.5) is 0 Å². The van der Waals surface area contributed by atoms with Gasteiger partial charge in [-0.3, -0.25) is 0 Å². The summed E-state index contributed by atoms with van der Waals surface area (Å²) in [5, 5.41) is 10.6. The van der Waals surface area contributed by atoms with Gasteiger partial charge in [-0.15, -0.1) is 0 Å². The molecule has 3 nitrogen and oxygen atoms in total. The summed E-state index contributed by atoms with van der Waals surface area (Å²) >= 11 is 0. The first-order chi connectivity index (χ1) is 9.06. The lowest BCUT2D eigenvalue weighted by Crippen LogP contribution is -2.05. The summed E-state index contributed by atoms with van der Waals surface area (Å²) in [4.78, 5) is 0. The van der Waals surface area contributed by atoms with Crippen molar-refractivity contribution in [3.63, 3.8) is 0 Å². The normalized spacial score (nSPS) is 12.5. The highest BCUT2D eigenvalue weighted by atomic mass is 16.5. The lowest BCUT2D eigenvalue weighted by Gasteiger charge is -2.16. The van der Waals surface area contributed by atoms with Crippen molar-refractivity contribution < 1.29 is 14.3 Å². The summed E-state index contributed by atoms with van der Waals surface area (Å²) in [5.41, 5.74) is 2.61. The van der Waals surface area contributed by atoms with Crippen LogP contribution in [0.2, 0.25) is 0 Å². The van der Waals surface area contributed by atoms with E-state index >= 15 is 0 Å². The van der Waals surface area contributed by atoms with Gasteiger partial charge in [0.2, 0.25) is 0 Å². The molecule has 1 atom stereocenters. The van der Waals surface area contributed by atoms with Crippen molar-refractivity contribution in [3.8, 4) is 5.75 Å². The zero-order valence-electron chi connectivity index (χ0n) is 11.9. The van der Waals surface area contributed by atoms with E-state index in [1.165, 1.54) is 0 Å². The van der Waals surface area contributed by atoms with E-state index in [-0.39, 0.29) is 0 Å². The van der Waals surface area contributed by atoms with Gasteiger partial charge in [0.05, 0.1) is 6.61 Å². The molecule has 1 aromatic heterocycles. The number of aliphatic hydroxyl groups excluding tert-OH is 1. The van der Waals surface area contributed by atoms with Gasteiger partial charge in [0.15, 0.2) is 0 Å². The Morgan fingerprint density at radius 3 is 2.42 bits per heavy atom. The first-order valence-electron chi connectivity index (χ1n) is 6.52. The molecule has 0 aliphatic carbocycles. The van der Waals surface area contributed by atoms with E-state index in [0.29, 0.717) is 6.61 Å². The van der Waals surface area contributed by atoms with Gasteiger partial charge in [-0.2, -0.15) is 0 Å². The third-order valence-electron chi connectivity index (χ3n) is 3.40. The van der Waals surface area contributed by atoms with Gasteiger partial charge in [-0.05, 0) is 39.3 Å². The average Bonchev–Trinajstić information content (AvgIpc) is 2.64. The second-order valence-corrected chi connectivity index (χ2v) is 4.63. The molecule has 3 heteroatoms. The van der Waals surface area contributed by atoms with Crippen molar-refractivity contribution in [2.45, 2.75) is 33.8 Å². The predicted molar refractivity (Wildman–Crippen MR) is 74.6 cm³/mol. The number of hydrogen-bond donors (Lipinski definition) is 1. The van der Waals surface area contributed by atoms with Crippen molar-refractivity contribution in [1.82, 2.24) is 0 Å². The third kappa shape index (κ3) is 2.51. The molecule has 0 spiro atoms. The molecule has 0 bridgehead atoms. The molecular formula is C16H20O3. The van der Waals surface area contributed by atoms with Crippen LogP contribution in [0.5, 0.6) is 5.75 Å². The largest absolute Gasteiger partial charge is 0.493 e. The van der Waals surface area contributed by atoms with E-state index in [1.54, 1.807) is 0 Å². The third-order valence-corrected chi connectivity index (χ3v) is 3.40. The van der Waals surface area contributed by atoms with Gasteiger partial charge >= 0.3 is 0 Å². The minimum atomic E-state index is -0.722. The zero-order chi connectivity index (χ0) is 14.0. The number of aryl methyl sites for hydroxylation is 2. The standard InChI is InChI=1S/C16H20O3/c1-5-18-14-9-7-6-8-13(14)16(17)15-10(2)11(3)19-12(15)4/h6-9,16-17H,5H2,1-4H3. The van der Waals surface area contributed by atoms with Crippen molar-refractivity contribution in [2.75, 3.05) is 6.61 Å². The molecule has 2 rings (SSSR count). The Morgan fingerprint density at radius 2 is 1.84 bits per heavy atom. The molecule has 19 heavy (non-hydrogen) atoms. The highest BCUT2D eigenvalue weighted by molar-refractivity contribution is 5.44. The molecule has 0 saturated carbocycles. The fraction of sp³-hybridized carbons (Fsp3) is 0.375. The molecule has 0 saturated heterocycles. The minimum absolute atomic E-state index is 0.576. The topological polar surface area (TPSA) is 42.6 Å². The van der Waals surface area contributed by atoms with Gasteiger partial charge < -0.3 is 14.3 Å². The molecule has 0 aliphatic heterocycles. The Bertz CT molecular complexity index is 569. The monoisotopic (exact) mass is 260 g/mol. The molecule has 0 amide bonds. The number of furan rings is 1. The van der Waals surface area contributed by atoms with E-state index in [4.69, 9.17) is 9.15 Å². The second kappa shape index (κ2) is 5.49. The summed E-state index contributed by atoms with van der Waals surface area (Å²) in [6.45, 7) is 8.26. The number of para-hydroxylation sites is 1. The summed E-state index contributed by atoms with van der Waals surface area (Å²) in [7, 11) is 0. The highest BCUT2D eigenvalue weighted by Crippen LogP contribution is 2.35. The highest BCUT2D eigenvalue weighted by Gasteiger charge is 2.22. The maximum atomic E-state index is 10.6. The van der Waals surface area contributed by atoms with Crippen LogP contribution in [0, 0.1) is 20.8 Å². The number of ether oxygens (including phenoxy) is 1. The second-order valence-electron chi connectivity index (χ2n) is 4.63. The molecule has 0 fully saturated rings. The van der Waals surface area contributed by atoms with E-state index in [0.717, 1.165) is 34.0 Å². The number of aliphatic hydroxyl groups is 1. The summed E-state index contributed by atoms with van der Waals surface area (Å²) in [6.07, 6.45) is -0.722. The van der Waals surface area contributed by atoms with E-state index < -0.39 is 6.10 Å². The Labute approximate surface area is 113 Å². The molecule has 1 aromatic carbocycles. The first-order valence-corrected chi connectivity index (χ1v) is 6.52. The average molecular weight is 260 g/mol. The van der Waals surface area contributed by atoms with Crippen LogP contribution in [0.3, 0.4) is 0 Å². The SMILES string of the molecule is CCOc1ccccc1C(O)c1c(C)oc(C)c1C. The molecule has 102 valence electrons. The minimum Gasteiger partial charge on any atom is -0.493 e. The fourth-order valence-electron chi connectivity index (χ4n) is 2.36.